The molecule has 1 aromatic carbocycles. The molecule has 0 saturated carbocycles. The first-order chi connectivity index (χ1) is 10.2. The fourth-order valence-corrected chi connectivity index (χ4v) is 1.81. The van der Waals surface area contributed by atoms with Gasteiger partial charge in [0.15, 0.2) is 0 Å². The molecule has 4 heteroatoms. The molecule has 21 heavy (non-hydrogen) atoms. The summed E-state index contributed by atoms with van der Waals surface area (Å²) in [4.78, 5) is 14.9. The minimum Gasteiger partial charge on any atom is -0.284 e. The molecule has 0 bridgehead atoms. The highest BCUT2D eigenvalue weighted by Crippen LogP contribution is 2.07. The molecular weight excluding hydrogens is 262 g/mol. The number of hydrazine groups is 1. The zero-order chi connectivity index (χ0) is 16.1. The fraction of sp³-hybridized carbons (Fsp3) is 0.529. The van der Waals surface area contributed by atoms with Crippen LogP contribution < -0.4 is 5.43 Å². The first-order valence-electron chi connectivity index (χ1n) is 7.69. The normalized spacial score (nSPS) is 10.4. The number of nitrogens with one attached hydrogen (secondary N) is 1. The van der Waals surface area contributed by atoms with E-state index in [9.17, 15) is 4.79 Å². The molecule has 1 rings (SSSR count). The van der Waals surface area contributed by atoms with Crippen LogP contribution >= 0.6 is 0 Å². The van der Waals surface area contributed by atoms with Crippen LogP contribution in [0.25, 0.3) is 0 Å². The van der Waals surface area contributed by atoms with E-state index < -0.39 is 0 Å². The Morgan fingerprint density at radius 3 is 2.43 bits per heavy atom. The molecular formula is C17H29N3O. The number of hydrogen-bond acceptors (Lipinski definition) is 2. The van der Waals surface area contributed by atoms with E-state index in [-0.39, 0.29) is 0 Å². The van der Waals surface area contributed by atoms with Crippen molar-refractivity contribution in [3.05, 3.63) is 35.4 Å². The predicted octanol–water partition coefficient (Wildman–Crippen LogP) is 3.36. The molecule has 4 nitrogen and oxygen atoms in total. The lowest BCUT2D eigenvalue weighted by molar-refractivity contribution is -0.118. The van der Waals surface area contributed by atoms with Crippen molar-refractivity contribution in [2.75, 3.05) is 13.6 Å². The molecule has 0 heterocycles. The molecule has 0 aliphatic rings. The van der Waals surface area contributed by atoms with Gasteiger partial charge in [-0.3, -0.25) is 20.2 Å². The number of benzene rings is 1. The van der Waals surface area contributed by atoms with Crippen LogP contribution in [0, 0.1) is 6.92 Å². The van der Waals surface area contributed by atoms with E-state index in [1.165, 1.54) is 16.1 Å². The molecule has 1 amide bonds. The molecule has 0 aromatic heterocycles. The third-order valence-electron chi connectivity index (χ3n) is 2.81. The van der Waals surface area contributed by atoms with Crippen molar-refractivity contribution >= 4 is 12.2 Å². The Labute approximate surface area is 129 Å². The van der Waals surface area contributed by atoms with Gasteiger partial charge < -0.3 is 0 Å². The Morgan fingerprint density at radius 2 is 1.90 bits per heavy atom. The summed E-state index contributed by atoms with van der Waals surface area (Å²) in [5.74, 6) is 0.865. The number of amidine groups is 1. The van der Waals surface area contributed by atoms with Crippen LogP contribution in [-0.2, 0) is 11.2 Å². The number of carbonyl (C=O) groups excluding carboxylic acids is 1. The van der Waals surface area contributed by atoms with Gasteiger partial charge in [0.1, 0.15) is 5.84 Å². The smallest absolute Gasteiger partial charge is 0.227 e. The van der Waals surface area contributed by atoms with Crippen molar-refractivity contribution in [3.63, 3.8) is 0 Å². The van der Waals surface area contributed by atoms with E-state index in [0.717, 1.165) is 38.1 Å². The van der Waals surface area contributed by atoms with E-state index in [1.807, 2.05) is 20.8 Å². The molecule has 0 unspecified atom stereocenters. The first-order valence-corrected chi connectivity index (χ1v) is 7.69. The molecule has 0 aliphatic heterocycles. The molecule has 1 N–H and O–H groups in total. The third kappa shape index (κ3) is 8.84. The van der Waals surface area contributed by atoms with Gasteiger partial charge in [0, 0.05) is 20.0 Å². The molecule has 0 aliphatic carbocycles. The molecule has 0 radical (unpaired) electrons. The second-order valence-corrected chi connectivity index (χ2v) is 4.59. The Bertz CT molecular complexity index is 413. The lowest BCUT2D eigenvalue weighted by Gasteiger charge is -2.16. The molecule has 118 valence electrons. The van der Waals surface area contributed by atoms with Crippen molar-refractivity contribution in [1.82, 2.24) is 10.4 Å². The van der Waals surface area contributed by atoms with Gasteiger partial charge in [0.25, 0.3) is 0 Å². The molecule has 0 saturated heterocycles. The topological polar surface area (TPSA) is 44.7 Å². The summed E-state index contributed by atoms with van der Waals surface area (Å²) in [6.45, 7) is 8.80. The lowest BCUT2D eigenvalue weighted by atomic mass is 10.1. The number of amides is 1. The van der Waals surface area contributed by atoms with E-state index in [0.29, 0.717) is 0 Å². The van der Waals surface area contributed by atoms with Gasteiger partial charge in [0.2, 0.25) is 6.41 Å². The summed E-state index contributed by atoms with van der Waals surface area (Å²) >= 11 is 0. The van der Waals surface area contributed by atoms with Gasteiger partial charge in [-0.1, -0.05) is 43.7 Å². The quantitative estimate of drug-likeness (QED) is 0.362. The summed E-state index contributed by atoms with van der Waals surface area (Å²) < 4.78 is 0. The van der Waals surface area contributed by atoms with Gasteiger partial charge in [-0.2, -0.15) is 0 Å². The Kier molecular flexibility index (Phi) is 10.9. The van der Waals surface area contributed by atoms with E-state index in [2.05, 4.69) is 41.6 Å². The first kappa shape index (κ1) is 19.2. The Balaban J connectivity index is 0.00000191. The van der Waals surface area contributed by atoms with Crippen molar-refractivity contribution in [2.24, 2.45) is 4.99 Å². The molecule has 0 spiro atoms. The maximum atomic E-state index is 10.6. The van der Waals surface area contributed by atoms with Crippen molar-refractivity contribution < 1.29 is 4.79 Å². The number of aliphatic imine (C=N–C) groups is 1. The van der Waals surface area contributed by atoms with E-state index in [4.69, 9.17) is 0 Å². The summed E-state index contributed by atoms with van der Waals surface area (Å²) in [6, 6.07) is 8.59. The number of aryl methyl sites for hydroxylation is 2. The Hall–Kier alpha value is -1.84. The summed E-state index contributed by atoms with van der Waals surface area (Å²) in [5.41, 5.74) is 5.60. The molecule has 0 atom stereocenters. The predicted molar refractivity (Wildman–Crippen MR) is 90.4 cm³/mol. The van der Waals surface area contributed by atoms with Crippen molar-refractivity contribution in [2.45, 2.75) is 47.0 Å². The van der Waals surface area contributed by atoms with Gasteiger partial charge in [-0.15, -0.1) is 0 Å². The lowest BCUT2D eigenvalue weighted by Crippen LogP contribution is -2.38. The van der Waals surface area contributed by atoms with Gasteiger partial charge in [-0.05, 0) is 32.3 Å². The van der Waals surface area contributed by atoms with Crippen LogP contribution in [0.5, 0.6) is 0 Å². The summed E-state index contributed by atoms with van der Waals surface area (Å²) in [7, 11) is 1.68. The van der Waals surface area contributed by atoms with Gasteiger partial charge in [-0.25, -0.2) is 0 Å². The highest BCUT2D eigenvalue weighted by molar-refractivity contribution is 5.82. The monoisotopic (exact) mass is 291 g/mol. The minimum atomic E-state index is 0.722. The molecule has 0 fully saturated rings. The third-order valence-corrected chi connectivity index (χ3v) is 2.81. The zero-order valence-electron chi connectivity index (χ0n) is 14.0. The maximum Gasteiger partial charge on any atom is 0.227 e. The van der Waals surface area contributed by atoms with Crippen LogP contribution in [0.4, 0.5) is 0 Å². The summed E-state index contributed by atoms with van der Waals surface area (Å²) in [6.07, 6.45) is 3.63. The maximum absolute atomic E-state index is 10.6. The van der Waals surface area contributed by atoms with E-state index >= 15 is 0 Å². The second-order valence-electron chi connectivity index (χ2n) is 4.59. The molecule has 1 aromatic rings. The highest BCUT2D eigenvalue weighted by Gasteiger charge is 2.02. The Morgan fingerprint density at radius 1 is 1.29 bits per heavy atom. The van der Waals surface area contributed by atoms with Crippen molar-refractivity contribution in [3.8, 4) is 0 Å². The number of carbonyl (C=O) groups is 1. The van der Waals surface area contributed by atoms with Crippen LogP contribution in [0.15, 0.2) is 29.3 Å². The van der Waals surface area contributed by atoms with Gasteiger partial charge in [0.05, 0.1) is 0 Å². The largest absolute Gasteiger partial charge is 0.284 e. The second kappa shape index (κ2) is 11.9. The minimum absolute atomic E-state index is 0.722. The SMILES string of the molecule is CC.CCN=C(CCCc1ccc(C)cc1)NN(C)C=O. The van der Waals surface area contributed by atoms with E-state index in [1.54, 1.807) is 7.05 Å². The number of nitrogens with zero attached hydrogens (tertiary/aromatic N) is 2. The highest BCUT2D eigenvalue weighted by atomic mass is 16.1. The van der Waals surface area contributed by atoms with Gasteiger partial charge >= 0.3 is 0 Å². The van der Waals surface area contributed by atoms with Crippen molar-refractivity contribution in [1.29, 1.82) is 0 Å². The number of rotatable bonds is 7. The average Bonchev–Trinajstić information content (AvgIpc) is 2.51. The van der Waals surface area contributed by atoms with Crippen LogP contribution in [-0.4, -0.2) is 30.8 Å². The van der Waals surface area contributed by atoms with Crippen LogP contribution in [0.1, 0.15) is 44.7 Å². The van der Waals surface area contributed by atoms with Crippen LogP contribution in [0.2, 0.25) is 0 Å². The standard InChI is InChI=1S/C15H23N3O.C2H6/c1-4-16-15(17-18(3)12-19)7-5-6-14-10-8-13(2)9-11-14;1-2/h8-12H,4-7H2,1-3H3,(H,16,17);1-2H3. The zero-order valence-corrected chi connectivity index (χ0v) is 14.0. The van der Waals surface area contributed by atoms with Crippen LogP contribution in [0.3, 0.4) is 0 Å². The number of hydrogen-bond donors (Lipinski definition) is 1. The summed E-state index contributed by atoms with van der Waals surface area (Å²) in [5, 5.41) is 1.39. The fourth-order valence-electron chi connectivity index (χ4n) is 1.81. The average molecular weight is 291 g/mol.